The molecule has 1 aromatic carbocycles. The van der Waals surface area contributed by atoms with Gasteiger partial charge >= 0.3 is 0 Å². The van der Waals surface area contributed by atoms with Crippen molar-refractivity contribution in [3.05, 3.63) is 42.1 Å². The maximum atomic E-state index is 12.6. The zero-order chi connectivity index (χ0) is 17.7. The predicted octanol–water partition coefficient (Wildman–Crippen LogP) is 3.48. The van der Waals surface area contributed by atoms with Crippen LogP contribution in [0, 0.1) is 0 Å². The highest BCUT2D eigenvalue weighted by molar-refractivity contribution is 7.91. The van der Waals surface area contributed by atoms with Crippen molar-refractivity contribution < 1.29 is 13.2 Å². The molecule has 0 spiro atoms. The maximum Gasteiger partial charge on any atom is 0.230 e. The van der Waals surface area contributed by atoms with Crippen LogP contribution in [0.25, 0.3) is 0 Å². The van der Waals surface area contributed by atoms with Gasteiger partial charge in [0.2, 0.25) is 11.8 Å². The van der Waals surface area contributed by atoms with E-state index in [1.54, 1.807) is 19.4 Å². The third-order valence-electron chi connectivity index (χ3n) is 4.45. The quantitative estimate of drug-likeness (QED) is 0.848. The normalized spacial score (nSPS) is 15.7. The van der Waals surface area contributed by atoms with E-state index in [0.717, 1.165) is 43.4 Å². The van der Waals surface area contributed by atoms with Crippen LogP contribution < -0.4 is 10.1 Å². The summed E-state index contributed by atoms with van der Waals surface area (Å²) in [6.07, 6.45) is 6.35. The number of benzene rings is 1. The van der Waals surface area contributed by atoms with E-state index in [4.69, 9.17) is 4.74 Å². The van der Waals surface area contributed by atoms with Crippen LogP contribution in [0.2, 0.25) is 0 Å². The van der Waals surface area contributed by atoms with Gasteiger partial charge in [-0.2, -0.15) is 4.98 Å². The van der Waals surface area contributed by atoms with Crippen molar-refractivity contribution in [1.29, 1.82) is 0 Å². The largest absolute Gasteiger partial charge is 0.481 e. The van der Waals surface area contributed by atoms with Gasteiger partial charge in [0.05, 0.1) is 18.1 Å². The second-order valence-electron chi connectivity index (χ2n) is 6.32. The molecule has 25 heavy (non-hydrogen) atoms. The number of sulfone groups is 1. The van der Waals surface area contributed by atoms with Gasteiger partial charge in [0, 0.05) is 18.0 Å². The number of rotatable bonds is 6. The van der Waals surface area contributed by atoms with E-state index in [1.165, 1.54) is 0 Å². The first kappa shape index (κ1) is 17.7. The zero-order valence-corrected chi connectivity index (χ0v) is 15.1. The van der Waals surface area contributed by atoms with Crippen LogP contribution in [-0.2, 0) is 15.6 Å². The first-order valence-electron chi connectivity index (χ1n) is 8.51. The number of hydrogen-bond acceptors (Lipinski definition) is 6. The fraction of sp³-hybridized carbons (Fsp3) is 0.444. The highest BCUT2D eigenvalue weighted by Gasteiger charge is 2.27. The molecular weight excluding hydrogens is 338 g/mol. The zero-order valence-electron chi connectivity index (χ0n) is 14.3. The standard InChI is InChI=1S/C18H23N3O3S/c1-24-17-10-11-19-18(21-17)20-15-7-5-6-14(12-15)13-25(22,23)16-8-3-2-4-9-16/h5-7,10-12,16H,2-4,8-9,13H2,1H3,(H,19,20,21). The lowest BCUT2D eigenvalue weighted by Gasteiger charge is -2.21. The minimum atomic E-state index is -3.12. The minimum Gasteiger partial charge on any atom is -0.481 e. The Bertz CT molecular complexity index is 818. The van der Waals surface area contributed by atoms with Crippen LogP contribution in [0.4, 0.5) is 11.6 Å². The van der Waals surface area contributed by atoms with Crippen molar-refractivity contribution in [3.63, 3.8) is 0 Å². The van der Waals surface area contributed by atoms with Crippen LogP contribution in [0.5, 0.6) is 5.88 Å². The van der Waals surface area contributed by atoms with Gasteiger partial charge in [-0.25, -0.2) is 13.4 Å². The summed E-state index contributed by atoms with van der Waals surface area (Å²) in [6, 6.07) is 9.05. The lowest BCUT2D eigenvalue weighted by molar-refractivity contribution is 0.397. The molecule has 1 aliphatic carbocycles. The molecule has 1 heterocycles. The lowest BCUT2D eigenvalue weighted by Crippen LogP contribution is -2.25. The number of methoxy groups -OCH3 is 1. The SMILES string of the molecule is COc1ccnc(Nc2cccc(CS(=O)(=O)C3CCCCC3)c2)n1. The fourth-order valence-corrected chi connectivity index (χ4v) is 5.09. The highest BCUT2D eigenvalue weighted by atomic mass is 32.2. The Kier molecular flexibility index (Phi) is 5.53. The van der Waals surface area contributed by atoms with E-state index in [2.05, 4.69) is 15.3 Å². The molecule has 0 aliphatic heterocycles. The number of aromatic nitrogens is 2. The van der Waals surface area contributed by atoms with Gasteiger partial charge in [-0.1, -0.05) is 31.4 Å². The van der Waals surface area contributed by atoms with E-state index in [9.17, 15) is 8.42 Å². The monoisotopic (exact) mass is 361 g/mol. The number of hydrogen-bond donors (Lipinski definition) is 1. The fourth-order valence-electron chi connectivity index (χ4n) is 3.16. The van der Waals surface area contributed by atoms with E-state index in [0.29, 0.717) is 11.8 Å². The first-order chi connectivity index (χ1) is 12.1. The van der Waals surface area contributed by atoms with Gasteiger partial charge in [0.15, 0.2) is 9.84 Å². The number of ether oxygens (including phenoxy) is 1. The average Bonchev–Trinajstić information content (AvgIpc) is 2.62. The molecule has 7 heteroatoms. The summed E-state index contributed by atoms with van der Waals surface area (Å²) in [5.74, 6) is 0.951. The van der Waals surface area contributed by atoms with Gasteiger partial charge in [-0.05, 0) is 30.5 Å². The average molecular weight is 361 g/mol. The molecule has 1 saturated carbocycles. The summed E-state index contributed by atoms with van der Waals surface area (Å²) in [4.78, 5) is 8.34. The van der Waals surface area contributed by atoms with Gasteiger partial charge in [-0.3, -0.25) is 0 Å². The molecule has 6 nitrogen and oxygen atoms in total. The van der Waals surface area contributed by atoms with Gasteiger partial charge in [0.1, 0.15) is 0 Å². The Morgan fingerprint density at radius 1 is 1.20 bits per heavy atom. The molecule has 0 bridgehead atoms. The van der Waals surface area contributed by atoms with Crippen molar-refractivity contribution in [3.8, 4) is 5.88 Å². The topological polar surface area (TPSA) is 81.2 Å². The molecule has 134 valence electrons. The molecule has 1 aliphatic rings. The molecule has 1 N–H and O–H groups in total. The molecule has 1 aromatic heterocycles. The first-order valence-corrected chi connectivity index (χ1v) is 10.2. The maximum absolute atomic E-state index is 12.6. The second kappa shape index (κ2) is 7.82. The van der Waals surface area contributed by atoms with Crippen LogP contribution in [0.15, 0.2) is 36.5 Å². The summed E-state index contributed by atoms with van der Waals surface area (Å²) >= 11 is 0. The molecule has 0 saturated heterocycles. The minimum absolute atomic E-state index is 0.0756. The molecule has 0 unspecified atom stereocenters. The van der Waals surface area contributed by atoms with Crippen LogP contribution in [-0.4, -0.2) is 30.7 Å². The molecule has 0 radical (unpaired) electrons. The predicted molar refractivity (Wildman–Crippen MR) is 97.8 cm³/mol. The van der Waals surface area contributed by atoms with Crippen molar-refractivity contribution >= 4 is 21.5 Å². The van der Waals surface area contributed by atoms with E-state index >= 15 is 0 Å². The second-order valence-corrected chi connectivity index (χ2v) is 8.60. The summed E-state index contributed by atoms with van der Waals surface area (Å²) in [5, 5.41) is 2.89. The summed E-state index contributed by atoms with van der Waals surface area (Å²) < 4.78 is 30.4. The Morgan fingerprint density at radius 2 is 2.00 bits per heavy atom. The van der Waals surface area contributed by atoms with E-state index < -0.39 is 9.84 Å². The van der Waals surface area contributed by atoms with Crippen molar-refractivity contribution in [1.82, 2.24) is 9.97 Å². The van der Waals surface area contributed by atoms with Crippen molar-refractivity contribution in [2.24, 2.45) is 0 Å². The summed E-state index contributed by atoms with van der Waals surface area (Å²) in [7, 11) is -1.57. The third-order valence-corrected chi connectivity index (χ3v) is 6.67. The van der Waals surface area contributed by atoms with E-state index in [1.807, 2.05) is 24.3 Å². The third kappa shape index (κ3) is 4.69. The number of nitrogens with one attached hydrogen (secondary N) is 1. The number of anilines is 2. The Morgan fingerprint density at radius 3 is 2.76 bits per heavy atom. The Labute approximate surface area is 148 Å². The lowest BCUT2D eigenvalue weighted by atomic mass is 10.0. The van der Waals surface area contributed by atoms with Crippen LogP contribution >= 0.6 is 0 Å². The highest BCUT2D eigenvalue weighted by Crippen LogP contribution is 2.27. The molecule has 0 atom stereocenters. The van der Waals surface area contributed by atoms with Crippen LogP contribution in [0.1, 0.15) is 37.7 Å². The van der Waals surface area contributed by atoms with E-state index in [-0.39, 0.29) is 11.0 Å². The van der Waals surface area contributed by atoms with Gasteiger partial charge in [-0.15, -0.1) is 0 Å². The molecule has 1 fully saturated rings. The van der Waals surface area contributed by atoms with Gasteiger partial charge in [0.25, 0.3) is 0 Å². The van der Waals surface area contributed by atoms with Gasteiger partial charge < -0.3 is 10.1 Å². The molecule has 3 rings (SSSR count). The number of nitrogens with zero attached hydrogens (tertiary/aromatic N) is 2. The Balaban J connectivity index is 1.72. The summed E-state index contributed by atoms with van der Waals surface area (Å²) in [5.41, 5.74) is 1.53. The smallest absolute Gasteiger partial charge is 0.230 e. The Hall–Kier alpha value is -2.15. The van der Waals surface area contributed by atoms with Crippen molar-refractivity contribution in [2.75, 3.05) is 12.4 Å². The van der Waals surface area contributed by atoms with Crippen molar-refractivity contribution in [2.45, 2.75) is 43.1 Å². The molecule has 0 amide bonds. The molecule has 2 aromatic rings. The summed E-state index contributed by atoms with van der Waals surface area (Å²) in [6.45, 7) is 0. The van der Waals surface area contributed by atoms with Crippen LogP contribution in [0.3, 0.4) is 0 Å². The molecular formula is C18H23N3O3S.